The Morgan fingerprint density at radius 3 is 3.11 bits per heavy atom. The van der Waals surface area contributed by atoms with Gasteiger partial charge in [-0.3, -0.25) is 4.79 Å². The highest BCUT2D eigenvalue weighted by molar-refractivity contribution is 7.14. The molecule has 0 bridgehead atoms. The number of thiazole rings is 1. The highest BCUT2D eigenvalue weighted by Crippen LogP contribution is 2.33. The molecule has 0 aliphatic carbocycles. The number of rotatable bonds is 4. The number of benzene rings is 1. The average Bonchev–Trinajstić information content (AvgIpc) is 3.40. The highest BCUT2D eigenvalue weighted by Gasteiger charge is 2.17. The first-order valence-electron chi connectivity index (χ1n) is 8.43. The number of hydrogen-bond donors (Lipinski definition) is 2. The molecule has 4 aromatic rings. The van der Waals surface area contributed by atoms with Crippen LogP contribution in [0.5, 0.6) is 11.5 Å². The summed E-state index contributed by atoms with van der Waals surface area (Å²) in [6.45, 7) is 0.191. The van der Waals surface area contributed by atoms with E-state index in [1.807, 2.05) is 6.07 Å². The van der Waals surface area contributed by atoms with Gasteiger partial charge in [0.05, 0.1) is 17.5 Å². The summed E-state index contributed by atoms with van der Waals surface area (Å²) in [7, 11) is 0. The Bertz CT molecular complexity index is 1200. The predicted molar refractivity (Wildman–Crippen MR) is 102 cm³/mol. The molecule has 28 heavy (non-hydrogen) atoms. The molecule has 0 spiro atoms. The van der Waals surface area contributed by atoms with Gasteiger partial charge < -0.3 is 19.8 Å². The van der Waals surface area contributed by atoms with Crippen LogP contribution in [-0.2, 0) is 11.2 Å². The van der Waals surface area contributed by atoms with Gasteiger partial charge in [-0.15, -0.1) is 11.3 Å². The molecule has 1 aliphatic rings. The van der Waals surface area contributed by atoms with Crippen LogP contribution in [0.1, 0.15) is 5.56 Å². The van der Waals surface area contributed by atoms with Crippen LogP contribution in [0, 0.1) is 5.82 Å². The molecule has 1 aromatic carbocycles. The third-order valence-electron chi connectivity index (χ3n) is 4.35. The van der Waals surface area contributed by atoms with Gasteiger partial charge in [0.1, 0.15) is 11.5 Å². The Labute approximate surface area is 162 Å². The smallest absolute Gasteiger partial charge is 0.231 e. The molecule has 0 saturated carbocycles. The van der Waals surface area contributed by atoms with E-state index in [9.17, 15) is 9.18 Å². The van der Waals surface area contributed by atoms with Crippen molar-refractivity contribution in [3.05, 3.63) is 53.4 Å². The molecule has 0 radical (unpaired) electrons. The van der Waals surface area contributed by atoms with Crippen molar-refractivity contribution in [2.24, 2.45) is 0 Å². The van der Waals surface area contributed by atoms with E-state index in [-0.39, 0.29) is 24.9 Å². The molecule has 0 saturated heterocycles. The lowest BCUT2D eigenvalue weighted by molar-refractivity contribution is -0.115. The maximum atomic E-state index is 14.1. The second kappa shape index (κ2) is 6.61. The first-order chi connectivity index (χ1) is 13.7. The van der Waals surface area contributed by atoms with Crippen LogP contribution in [0.3, 0.4) is 0 Å². The molecular formula is C19H13FN4O3S. The fourth-order valence-electron chi connectivity index (χ4n) is 3.07. The average molecular weight is 396 g/mol. The van der Waals surface area contributed by atoms with Gasteiger partial charge in [0.2, 0.25) is 12.7 Å². The van der Waals surface area contributed by atoms with Gasteiger partial charge in [-0.2, -0.15) is 0 Å². The number of nitrogens with zero attached hydrogens (tertiary/aromatic N) is 2. The van der Waals surface area contributed by atoms with Crippen LogP contribution in [0.2, 0.25) is 0 Å². The first-order valence-corrected chi connectivity index (χ1v) is 9.31. The largest absolute Gasteiger partial charge is 0.454 e. The quantitative estimate of drug-likeness (QED) is 0.549. The fraction of sp³-hybridized carbons (Fsp3) is 0.105. The Hall–Kier alpha value is -3.46. The zero-order valence-corrected chi connectivity index (χ0v) is 15.2. The lowest BCUT2D eigenvalue weighted by atomic mass is 10.1. The number of anilines is 1. The normalized spacial score (nSPS) is 12.5. The molecule has 0 unspecified atom stereocenters. The number of nitrogens with one attached hydrogen (secondary N) is 2. The van der Waals surface area contributed by atoms with Crippen LogP contribution >= 0.6 is 11.3 Å². The van der Waals surface area contributed by atoms with E-state index in [1.165, 1.54) is 23.6 Å². The number of aromatic amines is 1. The van der Waals surface area contributed by atoms with Gasteiger partial charge in [-0.05, 0) is 23.8 Å². The molecule has 0 atom stereocenters. The summed E-state index contributed by atoms with van der Waals surface area (Å²) >= 11 is 1.28. The summed E-state index contributed by atoms with van der Waals surface area (Å²) in [6.07, 6.45) is 3.24. The number of hydrogen-bond acceptors (Lipinski definition) is 6. The number of carbonyl (C=O) groups excluding carboxylic acids is 1. The van der Waals surface area contributed by atoms with Crippen LogP contribution < -0.4 is 14.8 Å². The van der Waals surface area contributed by atoms with Gasteiger partial charge >= 0.3 is 0 Å². The van der Waals surface area contributed by atoms with Crippen LogP contribution in [0.25, 0.3) is 22.3 Å². The van der Waals surface area contributed by atoms with E-state index in [0.717, 1.165) is 5.56 Å². The molecule has 5 rings (SSSR count). The summed E-state index contributed by atoms with van der Waals surface area (Å²) in [5.74, 6) is 0.736. The van der Waals surface area contributed by atoms with Crippen molar-refractivity contribution in [1.29, 1.82) is 0 Å². The van der Waals surface area contributed by atoms with E-state index in [4.69, 9.17) is 9.47 Å². The Kier molecular flexibility index (Phi) is 3.94. The van der Waals surface area contributed by atoms with E-state index in [1.54, 1.807) is 23.7 Å². The molecular weight excluding hydrogens is 383 g/mol. The standard InChI is InChI=1S/C19H13FN4O3S/c20-12-3-4-21-18-17(12)11(7-22-18)13-8-28-19(23-13)24-16(25)6-10-1-2-14-15(5-10)27-9-26-14/h1-5,7-8H,6,9H2,(H,21,22)(H,23,24,25). The van der Waals surface area contributed by atoms with Crippen molar-refractivity contribution in [2.75, 3.05) is 12.1 Å². The molecule has 0 fully saturated rings. The minimum Gasteiger partial charge on any atom is -0.454 e. The molecule has 7 nitrogen and oxygen atoms in total. The Morgan fingerprint density at radius 1 is 1.29 bits per heavy atom. The van der Waals surface area contributed by atoms with Crippen LogP contribution in [0.4, 0.5) is 9.52 Å². The zero-order chi connectivity index (χ0) is 19.1. The monoisotopic (exact) mass is 396 g/mol. The van der Waals surface area contributed by atoms with E-state index in [2.05, 4.69) is 20.3 Å². The summed E-state index contributed by atoms with van der Waals surface area (Å²) in [4.78, 5) is 23.8. The minimum absolute atomic E-state index is 0.178. The third-order valence-corrected chi connectivity index (χ3v) is 5.11. The SMILES string of the molecule is O=C(Cc1ccc2c(c1)OCO2)Nc1nc(-c2c[nH]c3nccc(F)c23)cs1. The number of carbonyl (C=O) groups is 1. The second-order valence-electron chi connectivity index (χ2n) is 6.17. The number of fused-ring (bicyclic) bond motifs is 2. The fourth-order valence-corrected chi connectivity index (χ4v) is 3.80. The second-order valence-corrected chi connectivity index (χ2v) is 7.03. The number of aromatic nitrogens is 3. The van der Waals surface area contributed by atoms with Gasteiger partial charge in [0.15, 0.2) is 16.6 Å². The lowest BCUT2D eigenvalue weighted by Crippen LogP contribution is -2.14. The van der Waals surface area contributed by atoms with Crippen molar-refractivity contribution < 1.29 is 18.7 Å². The Balaban J connectivity index is 1.33. The molecule has 3 aromatic heterocycles. The number of ether oxygens (including phenoxy) is 2. The van der Waals surface area contributed by atoms with E-state index < -0.39 is 0 Å². The molecule has 4 heterocycles. The first kappa shape index (κ1) is 16.7. The number of H-pyrrole nitrogens is 1. The summed E-state index contributed by atoms with van der Waals surface area (Å²) in [6, 6.07) is 6.70. The minimum atomic E-state index is -0.373. The van der Waals surface area contributed by atoms with Crippen molar-refractivity contribution in [1.82, 2.24) is 15.0 Å². The molecule has 140 valence electrons. The molecule has 1 aliphatic heterocycles. The van der Waals surface area contributed by atoms with Crippen LogP contribution in [0.15, 0.2) is 42.0 Å². The number of halogens is 1. The maximum absolute atomic E-state index is 14.1. The van der Waals surface area contributed by atoms with Gasteiger partial charge in [-0.1, -0.05) is 6.07 Å². The van der Waals surface area contributed by atoms with Crippen LogP contribution in [-0.4, -0.2) is 27.7 Å². The van der Waals surface area contributed by atoms with E-state index in [0.29, 0.717) is 38.9 Å². The summed E-state index contributed by atoms with van der Waals surface area (Å²) in [5.41, 5.74) is 2.44. The summed E-state index contributed by atoms with van der Waals surface area (Å²) in [5, 5.41) is 5.37. The van der Waals surface area contributed by atoms with Gasteiger partial charge in [0, 0.05) is 23.3 Å². The maximum Gasteiger partial charge on any atom is 0.231 e. The van der Waals surface area contributed by atoms with Crippen molar-refractivity contribution in [3.8, 4) is 22.8 Å². The van der Waals surface area contributed by atoms with E-state index >= 15 is 0 Å². The summed E-state index contributed by atoms with van der Waals surface area (Å²) < 4.78 is 24.7. The molecule has 1 amide bonds. The zero-order valence-electron chi connectivity index (χ0n) is 14.4. The molecule has 9 heteroatoms. The Morgan fingerprint density at radius 2 is 2.18 bits per heavy atom. The number of amides is 1. The van der Waals surface area contributed by atoms with Gasteiger partial charge in [-0.25, -0.2) is 14.4 Å². The van der Waals surface area contributed by atoms with Crippen molar-refractivity contribution in [3.63, 3.8) is 0 Å². The predicted octanol–water partition coefficient (Wildman–Crippen LogP) is 3.74. The molecule has 2 N–H and O–H groups in total. The number of pyridine rings is 1. The van der Waals surface area contributed by atoms with Gasteiger partial charge in [0.25, 0.3) is 0 Å². The lowest BCUT2D eigenvalue weighted by Gasteiger charge is -2.03. The third kappa shape index (κ3) is 2.95. The van der Waals surface area contributed by atoms with Crippen molar-refractivity contribution >= 4 is 33.4 Å². The van der Waals surface area contributed by atoms with Crippen molar-refractivity contribution in [2.45, 2.75) is 6.42 Å². The highest BCUT2D eigenvalue weighted by atomic mass is 32.1. The topological polar surface area (TPSA) is 89.1 Å².